The Balaban J connectivity index is 2.69. The Labute approximate surface area is 88.9 Å². The molecule has 5 heteroatoms. The number of carbonyl (C=O) groups is 1. The standard InChI is InChI=1S/C8H6BrClN2O/c9-6-1-3-7(4-2-6)11-12-8(10)5-13/h1-5,8H. The van der Waals surface area contributed by atoms with E-state index >= 15 is 0 Å². The molecule has 0 aliphatic heterocycles. The predicted molar refractivity (Wildman–Crippen MR) is 54.4 cm³/mol. The molecule has 0 heterocycles. The number of nitrogens with zero attached hydrogens (tertiary/aromatic N) is 2. The second kappa shape index (κ2) is 5.09. The summed E-state index contributed by atoms with van der Waals surface area (Å²) in [7, 11) is 0. The minimum atomic E-state index is -0.899. The number of hydrogen-bond donors (Lipinski definition) is 0. The molecule has 0 spiro atoms. The lowest BCUT2D eigenvalue weighted by Crippen LogP contribution is -1.91. The number of carbonyl (C=O) groups excluding carboxylic acids is 1. The first-order valence-corrected chi connectivity index (χ1v) is 4.71. The highest BCUT2D eigenvalue weighted by Gasteiger charge is 1.96. The Hall–Kier alpha value is -0.740. The zero-order valence-corrected chi connectivity index (χ0v) is 8.86. The molecule has 13 heavy (non-hydrogen) atoms. The first-order valence-electron chi connectivity index (χ1n) is 3.48. The maximum absolute atomic E-state index is 10.1. The number of alkyl halides is 1. The summed E-state index contributed by atoms with van der Waals surface area (Å²) < 4.78 is 0.962. The number of halogens is 2. The van der Waals surface area contributed by atoms with Gasteiger partial charge in [-0.05, 0) is 24.3 Å². The van der Waals surface area contributed by atoms with Crippen molar-refractivity contribution >= 4 is 39.5 Å². The fourth-order valence-corrected chi connectivity index (χ4v) is 0.965. The van der Waals surface area contributed by atoms with Crippen LogP contribution in [0.1, 0.15) is 0 Å². The van der Waals surface area contributed by atoms with E-state index < -0.39 is 5.50 Å². The summed E-state index contributed by atoms with van der Waals surface area (Å²) in [5.41, 5.74) is -0.237. The monoisotopic (exact) mass is 260 g/mol. The zero-order chi connectivity index (χ0) is 9.68. The van der Waals surface area contributed by atoms with Crippen molar-refractivity contribution in [2.75, 3.05) is 0 Å². The Morgan fingerprint density at radius 1 is 1.38 bits per heavy atom. The molecule has 0 aliphatic carbocycles. The van der Waals surface area contributed by atoms with Crippen LogP contribution < -0.4 is 0 Å². The number of hydrogen-bond acceptors (Lipinski definition) is 3. The van der Waals surface area contributed by atoms with Crippen LogP contribution >= 0.6 is 27.5 Å². The number of aldehydes is 1. The second-order valence-electron chi connectivity index (χ2n) is 2.20. The third kappa shape index (κ3) is 3.65. The fraction of sp³-hybridized carbons (Fsp3) is 0.125. The van der Waals surface area contributed by atoms with E-state index in [1.54, 1.807) is 12.1 Å². The van der Waals surface area contributed by atoms with Gasteiger partial charge in [-0.25, -0.2) is 0 Å². The van der Waals surface area contributed by atoms with Crippen molar-refractivity contribution < 1.29 is 4.79 Å². The molecule has 0 saturated heterocycles. The molecule has 0 N–H and O–H groups in total. The van der Waals surface area contributed by atoms with Crippen LogP contribution in [0.2, 0.25) is 0 Å². The van der Waals surface area contributed by atoms with E-state index in [2.05, 4.69) is 26.2 Å². The van der Waals surface area contributed by atoms with Crippen LogP contribution in [0.15, 0.2) is 39.0 Å². The maximum atomic E-state index is 10.1. The molecule has 0 aromatic heterocycles. The normalized spacial score (nSPS) is 13.1. The Morgan fingerprint density at radius 3 is 2.54 bits per heavy atom. The smallest absolute Gasteiger partial charge is 0.199 e. The molecule has 68 valence electrons. The van der Waals surface area contributed by atoms with E-state index in [1.807, 2.05) is 12.1 Å². The summed E-state index contributed by atoms with van der Waals surface area (Å²) in [5, 5.41) is 7.31. The lowest BCUT2D eigenvalue weighted by Gasteiger charge is -1.92. The van der Waals surface area contributed by atoms with Crippen LogP contribution in [-0.4, -0.2) is 11.8 Å². The van der Waals surface area contributed by atoms with E-state index in [1.165, 1.54) is 0 Å². The molecule has 1 aromatic rings. The van der Waals surface area contributed by atoms with E-state index in [0.29, 0.717) is 12.0 Å². The number of benzene rings is 1. The summed E-state index contributed by atoms with van der Waals surface area (Å²) in [6, 6.07) is 7.20. The Morgan fingerprint density at radius 2 is 2.00 bits per heavy atom. The molecule has 0 bridgehead atoms. The van der Waals surface area contributed by atoms with Gasteiger partial charge in [0.05, 0.1) is 5.69 Å². The van der Waals surface area contributed by atoms with Crippen LogP contribution in [0.3, 0.4) is 0 Å². The van der Waals surface area contributed by atoms with Crippen molar-refractivity contribution in [1.82, 2.24) is 0 Å². The summed E-state index contributed by atoms with van der Waals surface area (Å²) in [4.78, 5) is 10.1. The highest BCUT2D eigenvalue weighted by Crippen LogP contribution is 2.17. The molecule has 0 saturated carbocycles. The predicted octanol–water partition coefficient (Wildman–Crippen LogP) is 3.30. The van der Waals surface area contributed by atoms with Crippen LogP contribution in [0.25, 0.3) is 0 Å². The van der Waals surface area contributed by atoms with Crippen LogP contribution in [0, 0.1) is 0 Å². The second-order valence-corrected chi connectivity index (χ2v) is 3.56. The molecule has 1 aromatic carbocycles. The fourth-order valence-electron chi connectivity index (χ4n) is 0.657. The van der Waals surface area contributed by atoms with Gasteiger partial charge in [-0.15, -0.1) is 0 Å². The third-order valence-corrected chi connectivity index (χ3v) is 1.94. The SMILES string of the molecule is O=CC(Cl)N=Nc1ccc(Br)cc1. The molecular formula is C8H6BrClN2O. The van der Waals surface area contributed by atoms with Crippen molar-refractivity contribution in [3.63, 3.8) is 0 Å². The highest BCUT2D eigenvalue weighted by atomic mass is 79.9. The summed E-state index contributed by atoms with van der Waals surface area (Å²) in [6.45, 7) is 0. The summed E-state index contributed by atoms with van der Waals surface area (Å²) in [5.74, 6) is 0. The maximum Gasteiger partial charge on any atom is 0.199 e. The molecule has 0 aliphatic rings. The molecule has 1 unspecified atom stereocenters. The van der Waals surface area contributed by atoms with Gasteiger partial charge in [0, 0.05) is 4.47 Å². The lowest BCUT2D eigenvalue weighted by molar-refractivity contribution is -0.107. The first kappa shape index (κ1) is 10.3. The van der Waals surface area contributed by atoms with Gasteiger partial charge in [0.15, 0.2) is 11.8 Å². The van der Waals surface area contributed by atoms with Crippen molar-refractivity contribution in [2.24, 2.45) is 10.2 Å². The van der Waals surface area contributed by atoms with Crippen LogP contribution in [-0.2, 0) is 4.79 Å². The Bertz CT molecular complexity index is 312. The van der Waals surface area contributed by atoms with Gasteiger partial charge < -0.3 is 0 Å². The van der Waals surface area contributed by atoms with Gasteiger partial charge in [0.2, 0.25) is 0 Å². The molecule has 1 rings (SSSR count). The van der Waals surface area contributed by atoms with Gasteiger partial charge in [-0.2, -0.15) is 10.2 Å². The molecule has 3 nitrogen and oxygen atoms in total. The van der Waals surface area contributed by atoms with E-state index in [9.17, 15) is 4.79 Å². The van der Waals surface area contributed by atoms with Gasteiger partial charge in [0.25, 0.3) is 0 Å². The lowest BCUT2D eigenvalue weighted by atomic mass is 10.3. The van der Waals surface area contributed by atoms with E-state index in [0.717, 1.165) is 4.47 Å². The van der Waals surface area contributed by atoms with Crippen molar-refractivity contribution in [3.05, 3.63) is 28.7 Å². The molecular weight excluding hydrogens is 255 g/mol. The average Bonchev–Trinajstić information content (AvgIpc) is 2.16. The quantitative estimate of drug-likeness (QED) is 0.356. The third-order valence-electron chi connectivity index (χ3n) is 1.22. The minimum Gasteiger partial charge on any atom is -0.299 e. The molecule has 0 radical (unpaired) electrons. The number of rotatable bonds is 3. The Kier molecular flexibility index (Phi) is 4.05. The molecule has 0 fully saturated rings. The largest absolute Gasteiger partial charge is 0.299 e. The van der Waals surface area contributed by atoms with Crippen LogP contribution in [0.4, 0.5) is 5.69 Å². The number of azo groups is 1. The summed E-state index contributed by atoms with van der Waals surface area (Å²) in [6.07, 6.45) is 0.518. The van der Waals surface area contributed by atoms with E-state index in [4.69, 9.17) is 11.6 Å². The molecule has 0 amide bonds. The topological polar surface area (TPSA) is 41.8 Å². The van der Waals surface area contributed by atoms with Crippen LogP contribution in [0.5, 0.6) is 0 Å². The van der Waals surface area contributed by atoms with Gasteiger partial charge in [-0.1, -0.05) is 27.5 Å². The van der Waals surface area contributed by atoms with Crippen molar-refractivity contribution in [1.29, 1.82) is 0 Å². The van der Waals surface area contributed by atoms with Gasteiger partial charge in [-0.3, -0.25) is 4.79 Å². The first-order chi connectivity index (χ1) is 6.22. The minimum absolute atomic E-state index is 0.518. The van der Waals surface area contributed by atoms with Crippen molar-refractivity contribution in [3.8, 4) is 0 Å². The zero-order valence-electron chi connectivity index (χ0n) is 6.52. The van der Waals surface area contributed by atoms with Gasteiger partial charge >= 0.3 is 0 Å². The highest BCUT2D eigenvalue weighted by molar-refractivity contribution is 9.10. The average molecular weight is 262 g/mol. The summed E-state index contributed by atoms with van der Waals surface area (Å²) >= 11 is 8.69. The molecule has 1 atom stereocenters. The van der Waals surface area contributed by atoms with Gasteiger partial charge in [0.1, 0.15) is 0 Å². The van der Waals surface area contributed by atoms with Crippen molar-refractivity contribution in [2.45, 2.75) is 5.50 Å². The van der Waals surface area contributed by atoms with E-state index in [-0.39, 0.29) is 0 Å².